The first kappa shape index (κ1) is 16.4. The third-order valence-corrected chi connectivity index (χ3v) is 6.15. The van der Waals surface area contributed by atoms with Gasteiger partial charge in [-0.05, 0) is 31.0 Å². The summed E-state index contributed by atoms with van der Waals surface area (Å²) in [6.07, 6.45) is 4.65. The topological polar surface area (TPSA) is 46.2 Å². The molecule has 7 heteroatoms. The van der Waals surface area contributed by atoms with Crippen LogP contribution in [0.5, 0.6) is 0 Å². The van der Waals surface area contributed by atoms with Crippen LogP contribution >= 0.6 is 34.8 Å². The van der Waals surface area contributed by atoms with Gasteiger partial charge in [0.1, 0.15) is 4.90 Å². The lowest BCUT2D eigenvalue weighted by Crippen LogP contribution is -2.40. The van der Waals surface area contributed by atoms with E-state index in [1.807, 2.05) is 0 Å². The van der Waals surface area contributed by atoms with E-state index in [4.69, 9.17) is 34.8 Å². The van der Waals surface area contributed by atoms with Gasteiger partial charge in [-0.25, -0.2) is 13.1 Å². The summed E-state index contributed by atoms with van der Waals surface area (Å²) in [6, 6.07) is 4.12. The van der Waals surface area contributed by atoms with Crippen LogP contribution in [0, 0.1) is 0 Å². The molecule has 20 heavy (non-hydrogen) atoms. The Bertz CT molecular complexity index is 577. The van der Waals surface area contributed by atoms with Crippen LogP contribution in [0.2, 0.25) is 10.0 Å². The first-order valence-corrected chi connectivity index (χ1v) is 9.19. The van der Waals surface area contributed by atoms with Crippen LogP contribution in [-0.4, -0.2) is 19.8 Å². The van der Waals surface area contributed by atoms with Gasteiger partial charge >= 0.3 is 0 Å². The molecule has 2 atom stereocenters. The molecular formula is C13H16Cl3NO2S. The normalized spacial score (nSPS) is 24.4. The largest absolute Gasteiger partial charge is 0.242 e. The molecular weight excluding hydrogens is 341 g/mol. The average Bonchev–Trinajstić information content (AvgIpc) is 2.57. The molecule has 3 nitrogen and oxygen atoms in total. The summed E-state index contributed by atoms with van der Waals surface area (Å²) in [5.74, 6) is 0. The van der Waals surface area contributed by atoms with Crippen molar-refractivity contribution in [2.75, 3.05) is 0 Å². The van der Waals surface area contributed by atoms with Crippen molar-refractivity contribution in [3.63, 3.8) is 0 Å². The SMILES string of the molecule is O=S(=O)(NC1CCCCCC1Cl)c1cc(Cl)ccc1Cl. The maximum Gasteiger partial charge on any atom is 0.242 e. The zero-order valence-electron chi connectivity index (χ0n) is 10.8. The monoisotopic (exact) mass is 355 g/mol. The molecule has 1 aliphatic carbocycles. The molecule has 0 spiro atoms. The number of rotatable bonds is 3. The van der Waals surface area contributed by atoms with Gasteiger partial charge < -0.3 is 0 Å². The average molecular weight is 357 g/mol. The molecule has 0 saturated heterocycles. The Morgan fingerprint density at radius 2 is 1.80 bits per heavy atom. The predicted molar refractivity (Wildman–Crippen MR) is 83.3 cm³/mol. The standard InChI is InChI=1S/C13H16Cl3NO2S/c14-9-6-7-11(16)13(8-9)20(18,19)17-12-5-3-1-2-4-10(12)15/h6-8,10,12,17H,1-5H2. The number of sulfonamides is 1. The molecule has 0 heterocycles. The fraction of sp³-hybridized carbons (Fsp3) is 0.538. The second kappa shape index (κ2) is 6.84. The van der Waals surface area contributed by atoms with Gasteiger partial charge in [-0.3, -0.25) is 0 Å². The van der Waals surface area contributed by atoms with Crippen LogP contribution in [-0.2, 0) is 10.0 Å². The van der Waals surface area contributed by atoms with Crippen molar-refractivity contribution in [1.82, 2.24) is 4.72 Å². The highest BCUT2D eigenvalue weighted by atomic mass is 35.5. The lowest BCUT2D eigenvalue weighted by atomic mass is 10.1. The van der Waals surface area contributed by atoms with E-state index in [1.54, 1.807) is 6.07 Å². The van der Waals surface area contributed by atoms with E-state index in [1.165, 1.54) is 12.1 Å². The van der Waals surface area contributed by atoms with Gasteiger partial charge in [0.25, 0.3) is 0 Å². The van der Waals surface area contributed by atoms with E-state index < -0.39 is 10.0 Å². The Morgan fingerprint density at radius 1 is 1.10 bits per heavy atom. The summed E-state index contributed by atoms with van der Waals surface area (Å²) in [6.45, 7) is 0. The smallest absolute Gasteiger partial charge is 0.207 e. The molecule has 2 unspecified atom stereocenters. The fourth-order valence-electron chi connectivity index (χ4n) is 2.34. The van der Waals surface area contributed by atoms with E-state index >= 15 is 0 Å². The highest BCUT2D eigenvalue weighted by molar-refractivity contribution is 7.89. The predicted octanol–water partition coefficient (Wildman–Crippen LogP) is 4.21. The third kappa shape index (κ3) is 4.01. The summed E-state index contributed by atoms with van der Waals surface area (Å²) in [5, 5.41) is 0.296. The van der Waals surface area contributed by atoms with Crippen LogP contribution in [0.15, 0.2) is 23.1 Å². The number of nitrogens with one attached hydrogen (secondary N) is 1. The molecule has 1 fully saturated rings. The van der Waals surface area contributed by atoms with Gasteiger partial charge in [-0.1, -0.05) is 42.5 Å². The number of alkyl halides is 1. The number of hydrogen-bond donors (Lipinski definition) is 1. The van der Waals surface area contributed by atoms with Gasteiger partial charge in [0.2, 0.25) is 10.0 Å². The van der Waals surface area contributed by atoms with Crippen molar-refractivity contribution in [3.8, 4) is 0 Å². The summed E-state index contributed by atoms with van der Waals surface area (Å²) >= 11 is 18.1. The zero-order chi connectivity index (χ0) is 14.8. The summed E-state index contributed by atoms with van der Waals surface area (Å²) in [7, 11) is -3.71. The first-order valence-electron chi connectivity index (χ1n) is 6.51. The number of benzene rings is 1. The van der Waals surface area contributed by atoms with Gasteiger partial charge in [0.05, 0.1) is 5.02 Å². The Hall–Kier alpha value is -0.000000000000000167. The lowest BCUT2D eigenvalue weighted by Gasteiger charge is -2.21. The maximum atomic E-state index is 12.4. The van der Waals surface area contributed by atoms with E-state index in [9.17, 15) is 8.42 Å². The molecule has 1 aromatic carbocycles. The zero-order valence-corrected chi connectivity index (χ0v) is 13.9. The Balaban J connectivity index is 2.24. The van der Waals surface area contributed by atoms with Crippen LogP contribution in [0.1, 0.15) is 32.1 Å². The second-order valence-electron chi connectivity index (χ2n) is 4.96. The molecule has 112 valence electrons. The van der Waals surface area contributed by atoms with E-state index in [2.05, 4.69) is 4.72 Å². The van der Waals surface area contributed by atoms with Crippen LogP contribution < -0.4 is 4.72 Å². The Kier molecular flexibility index (Phi) is 5.60. The molecule has 1 N–H and O–H groups in total. The second-order valence-corrected chi connectivity index (χ2v) is 8.04. The van der Waals surface area contributed by atoms with Crippen molar-refractivity contribution < 1.29 is 8.42 Å². The third-order valence-electron chi connectivity index (χ3n) is 3.42. The Labute approximate surface area is 134 Å². The van der Waals surface area contributed by atoms with E-state index in [-0.39, 0.29) is 21.3 Å². The molecule has 2 rings (SSSR count). The summed E-state index contributed by atoms with van der Waals surface area (Å²) < 4.78 is 27.5. The van der Waals surface area contributed by atoms with Crippen molar-refractivity contribution in [2.24, 2.45) is 0 Å². The van der Waals surface area contributed by atoms with Crippen LogP contribution in [0.3, 0.4) is 0 Å². The molecule has 0 radical (unpaired) electrons. The molecule has 0 aliphatic heterocycles. The van der Waals surface area contributed by atoms with Crippen molar-refractivity contribution in [1.29, 1.82) is 0 Å². The molecule has 1 aromatic rings. The minimum Gasteiger partial charge on any atom is -0.207 e. The summed E-state index contributed by atoms with van der Waals surface area (Å²) in [5.41, 5.74) is 0. The maximum absolute atomic E-state index is 12.4. The van der Waals surface area contributed by atoms with Crippen LogP contribution in [0.25, 0.3) is 0 Å². The molecule has 0 bridgehead atoms. The van der Waals surface area contributed by atoms with Gasteiger partial charge in [0, 0.05) is 16.4 Å². The molecule has 0 amide bonds. The quantitative estimate of drug-likeness (QED) is 0.651. The first-order chi connectivity index (χ1) is 9.40. The fourth-order valence-corrected chi connectivity index (χ4v) is 4.83. The van der Waals surface area contributed by atoms with E-state index in [0.717, 1.165) is 32.1 Å². The molecule has 1 aliphatic rings. The Morgan fingerprint density at radius 3 is 2.55 bits per heavy atom. The summed E-state index contributed by atoms with van der Waals surface area (Å²) in [4.78, 5) is -0.000203. The van der Waals surface area contributed by atoms with E-state index in [0.29, 0.717) is 5.02 Å². The molecule has 1 saturated carbocycles. The number of hydrogen-bond acceptors (Lipinski definition) is 2. The molecule has 0 aromatic heterocycles. The van der Waals surface area contributed by atoms with Crippen LogP contribution in [0.4, 0.5) is 0 Å². The lowest BCUT2D eigenvalue weighted by molar-refractivity contribution is 0.514. The highest BCUT2D eigenvalue weighted by Gasteiger charge is 2.28. The van der Waals surface area contributed by atoms with Crippen molar-refractivity contribution in [3.05, 3.63) is 28.2 Å². The van der Waals surface area contributed by atoms with Crippen molar-refractivity contribution in [2.45, 2.75) is 48.4 Å². The minimum absolute atomic E-state index is 0.000203. The van der Waals surface area contributed by atoms with Gasteiger partial charge in [0.15, 0.2) is 0 Å². The van der Waals surface area contributed by atoms with Crippen molar-refractivity contribution >= 4 is 44.8 Å². The van der Waals surface area contributed by atoms with Gasteiger partial charge in [-0.2, -0.15) is 0 Å². The highest BCUT2D eigenvalue weighted by Crippen LogP contribution is 2.28. The minimum atomic E-state index is -3.71. The van der Waals surface area contributed by atoms with Gasteiger partial charge in [-0.15, -0.1) is 11.6 Å². The number of halogens is 3.